The van der Waals surface area contributed by atoms with Crippen molar-refractivity contribution in [3.63, 3.8) is 0 Å². The van der Waals surface area contributed by atoms with Crippen molar-refractivity contribution >= 4 is 42.0 Å². The molecular weight excluding hydrogens is 474 g/mol. The summed E-state index contributed by atoms with van der Waals surface area (Å²) in [7, 11) is 0. The van der Waals surface area contributed by atoms with E-state index in [2.05, 4.69) is 48.8 Å². The Kier molecular flexibility index (Phi) is 6.51. The van der Waals surface area contributed by atoms with Crippen molar-refractivity contribution in [3.05, 3.63) is 65.2 Å². The third kappa shape index (κ3) is 3.96. The van der Waals surface area contributed by atoms with E-state index >= 15 is 0 Å². The lowest BCUT2D eigenvalue weighted by molar-refractivity contribution is -0.138. The zero-order valence-corrected chi connectivity index (χ0v) is 21.6. The van der Waals surface area contributed by atoms with Crippen molar-refractivity contribution in [2.24, 2.45) is 0 Å². The number of rotatable bonds is 7. The van der Waals surface area contributed by atoms with Crippen LogP contribution >= 0.6 is 12.6 Å². The predicted octanol–water partition coefficient (Wildman–Crippen LogP) is 3.94. The van der Waals surface area contributed by atoms with Crippen LogP contribution in [0.2, 0.25) is 0 Å². The van der Waals surface area contributed by atoms with Crippen LogP contribution in [0.15, 0.2) is 48.5 Å². The van der Waals surface area contributed by atoms with Gasteiger partial charge in [-0.1, -0.05) is 32.1 Å². The summed E-state index contributed by atoms with van der Waals surface area (Å²) >= 11 is 4.18. The lowest BCUT2D eigenvalue weighted by Crippen LogP contribution is -2.51. The summed E-state index contributed by atoms with van der Waals surface area (Å²) in [6.07, 6.45) is 5.78. The average molecular weight is 508 g/mol. The second-order valence-corrected chi connectivity index (χ2v) is 10.6. The maximum Gasteiger partial charge on any atom is 0.326 e. The van der Waals surface area contributed by atoms with E-state index < -0.39 is 17.7 Å². The van der Waals surface area contributed by atoms with E-state index in [1.807, 2.05) is 47.4 Å². The SMILES string of the molecule is CC1(C)c2cc(C(=O)NCCS)ccc2N2CCOC21/C=C/c1ccc(N2CCCC2C(=O)O)cc1. The van der Waals surface area contributed by atoms with Crippen LogP contribution in [0.4, 0.5) is 11.4 Å². The second kappa shape index (κ2) is 9.48. The molecule has 0 aromatic heterocycles. The Labute approximate surface area is 217 Å². The van der Waals surface area contributed by atoms with Crippen molar-refractivity contribution in [2.45, 2.75) is 43.9 Å². The monoisotopic (exact) mass is 507 g/mol. The topological polar surface area (TPSA) is 82.1 Å². The first-order chi connectivity index (χ1) is 17.3. The minimum Gasteiger partial charge on any atom is -0.480 e. The van der Waals surface area contributed by atoms with Gasteiger partial charge in [0.15, 0.2) is 5.72 Å². The molecule has 2 atom stereocenters. The summed E-state index contributed by atoms with van der Waals surface area (Å²) in [6.45, 7) is 7.02. The molecule has 2 unspecified atom stereocenters. The first kappa shape index (κ1) is 24.7. The molecular formula is C28H33N3O4S. The number of hydrogen-bond donors (Lipinski definition) is 3. The molecule has 190 valence electrons. The largest absolute Gasteiger partial charge is 0.480 e. The van der Waals surface area contributed by atoms with Crippen molar-refractivity contribution in [3.8, 4) is 0 Å². The van der Waals surface area contributed by atoms with Gasteiger partial charge in [-0.15, -0.1) is 0 Å². The molecule has 0 aliphatic carbocycles. The smallest absolute Gasteiger partial charge is 0.326 e. The number of fused-ring (bicyclic) bond motifs is 3. The Morgan fingerprint density at radius 2 is 1.97 bits per heavy atom. The van der Waals surface area contributed by atoms with Crippen LogP contribution in [0.5, 0.6) is 0 Å². The number of nitrogens with one attached hydrogen (secondary N) is 1. The Balaban J connectivity index is 1.41. The van der Waals surface area contributed by atoms with Gasteiger partial charge < -0.3 is 25.0 Å². The van der Waals surface area contributed by atoms with E-state index in [0.717, 1.165) is 42.0 Å². The van der Waals surface area contributed by atoms with Crippen LogP contribution in [-0.2, 0) is 14.9 Å². The Morgan fingerprint density at radius 3 is 2.69 bits per heavy atom. The van der Waals surface area contributed by atoms with Crippen molar-refractivity contribution < 1.29 is 19.4 Å². The van der Waals surface area contributed by atoms with E-state index in [4.69, 9.17) is 4.74 Å². The molecule has 2 aromatic rings. The molecule has 3 heterocycles. The predicted molar refractivity (Wildman–Crippen MR) is 145 cm³/mol. The molecule has 1 amide bonds. The fraction of sp³-hybridized carbons (Fsp3) is 0.429. The molecule has 2 aromatic carbocycles. The first-order valence-corrected chi connectivity index (χ1v) is 13.2. The molecule has 3 aliphatic rings. The molecule has 0 bridgehead atoms. The molecule has 0 radical (unpaired) electrons. The zero-order chi connectivity index (χ0) is 25.5. The molecule has 0 saturated carbocycles. The van der Waals surface area contributed by atoms with Gasteiger partial charge in [-0.2, -0.15) is 12.6 Å². The Morgan fingerprint density at radius 1 is 1.19 bits per heavy atom. The van der Waals surface area contributed by atoms with Gasteiger partial charge in [0.05, 0.1) is 6.61 Å². The van der Waals surface area contributed by atoms with Crippen LogP contribution in [0.3, 0.4) is 0 Å². The first-order valence-electron chi connectivity index (χ1n) is 12.5. The van der Waals surface area contributed by atoms with E-state index in [1.54, 1.807) is 0 Å². The number of ether oxygens (including phenoxy) is 1. The lowest BCUT2D eigenvalue weighted by atomic mass is 9.77. The number of anilines is 2. The Bertz CT molecular complexity index is 1200. The van der Waals surface area contributed by atoms with Gasteiger partial charge in [0.1, 0.15) is 6.04 Å². The third-order valence-electron chi connectivity index (χ3n) is 7.82. The molecule has 0 spiro atoms. The van der Waals surface area contributed by atoms with Gasteiger partial charge in [0.25, 0.3) is 5.91 Å². The fourth-order valence-corrected chi connectivity index (χ4v) is 6.01. The maximum absolute atomic E-state index is 12.6. The zero-order valence-electron chi connectivity index (χ0n) is 20.7. The number of carboxylic acids is 1. The number of benzene rings is 2. The highest BCUT2D eigenvalue weighted by molar-refractivity contribution is 7.80. The van der Waals surface area contributed by atoms with Gasteiger partial charge in [-0.25, -0.2) is 4.79 Å². The van der Waals surface area contributed by atoms with Crippen molar-refractivity contribution in [1.29, 1.82) is 0 Å². The summed E-state index contributed by atoms with van der Waals surface area (Å²) in [5.41, 5.74) is 3.74. The summed E-state index contributed by atoms with van der Waals surface area (Å²) in [4.78, 5) is 28.4. The minimum atomic E-state index is -0.764. The minimum absolute atomic E-state index is 0.0940. The number of amides is 1. The molecule has 36 heavy (non-hydrogen) atoms. The normalized spacial score (nSPS) is 24.2. The Hall–Kier alpha value is -2.97. The van der Waals surface area contributed by atoms with Gasteiger partial charge in [-0.05, 0) is 60.4 Å². The number of aliphatic carboxylic acids is 1. The summed E-state index contributed by atoms with van der Waals surface area (Å²) < 4.78 is 6.45. The number of carbonyl (C=O) groups is 2. The van der Waals surface area contributed by atoms with E-state index in [1.165, 1.54) is 0 Å². The van der Waals surface area contributed by atoms with Crippen LogP contribution in [-0.4, -0.2) is 60.7 Å². The van der Waals surface area contributed by atoms with E-state index in [0.29, 0.717) is 30.9 Å². The van der Waals surface area contributed by atoms with Gasteiger partial charge in [0.2, 0.25) is 0 Å². The van der Waals surface area contributed by atoms with Crippen LogP contribution in [0.25, 0.3) is 6.08 Å². The quantitative estimate of drug-likeness (QED) is 0.493. The molecule has 3 aliphatic heterocycles. The third-order valence-corrected chi connectivity index (χ3v) is 8.04. The molecule has 2 saturated heterocycles. The van der Waals surface area contributed by atoms with Gasteiger partial charge >= 0.3 is 5.97 Å². The van der Waals surface area contributed by atoms with E-state index in [9.17, 15) is 14.7 Å². The number of hydrogen-bond acceptors (Lipinski definition) is 6. The summed E-state index contributed by atoms with van der Waals surface area (Å²) in [6, 6.07) is 13.5. The van der Waals surface area contributed by atoms with Gasteiger partial charge in [-0.3, -0.25) is 4.79 Å². The van der Waals surface area contributed by atoms with Crippen LogP contribution in [0.1, 0.15) is 48.2 Å². The number of thiol groups is 1. The maximum atomic E-state index is 12.6. The van der Waals surface area contributed by atoms with Crippen LogP contribution < -0.4 is 15.1 Å². The van der Waals surface area contributed by atoms with E-state index in [-0.39, 0.29) is 11.3 Å². The molecule has 7 nitrogen and oxygen atoms in total. The lowest BCUT2D eigenvalue weighted by Gasteiger charge is -2.39. The molecule has 2 N–H and O–H groups in total. The molecule has 5 rings (SSSR count). The highest BCUT2D eigenvalue weighted by atomic mass is 32.1. The fourth-order valence-electron chi connectivity index (χ4n) is 5.90. The molecule has 8 heteroatoms. The highest BCUT2D eigenvalue weighted by Gasteiger charge is 2.59. The van der Waals surface area contributed by atoms with Gasteiger partial charge in [0, 0.05) is 47.7 Å². The molecule has 2 fully saturated rings. The standard InChI is InChI=1S/C28H33N3O4S/c1-27(2)22-18-20(25(32)29-13-17-36)7-10-23(22)31-15-16-35-28(27,31)12-11-19-5-8-21(9-6-19)30-14-3-4-24(30)26(33)34/h5-12,18,24,36H,3-4,13-17H2,1-2H3,(H,29,32)(H,33,34)/b12-11+. The highest BCUT2D eigenvalue weighted by Crippen LogP contribution is 2.55. The number of carboxylic acid groups (broad SMARTS) is 1. The van der Waals surface area contributed by atoms with Crippen molar-refractivity contribution in [2.75, 3.05) is 41.8 Å². The second-order valence-electron chi connectivity index (χ2n) is 10.1. The number of nitrogens with zero attached hydrogens (tertiary/aromatic N) is 2. The number of carbonyl (C=O) groups excluding carboxylic acids is 1. The van der Waals surface area contributed by atoms with Crippen molar-refractivity contribution in [1.82, 2.24) is 5.32 Å². The average Bonchev–Trinajstić information content (AvgIpc) is 3.57. The summed E-state index contributed by atoms with van der Waals surface area (Å²) in [5, 5.41) is 12.4. The summed E-state index contributed by atoms with van der Waals surface area (Å²) in [5.74, 6) is -0.264. The van der Waals surface area contributed by atoms with Crippen LogP contribution in [0, 0.1) is 0 Å².